The highest BCUT2D eigenvalue weighted by atomic mass is 16.5. The van der Waals surface area contributed by atoms with Gasteiger partial charge in [-0.1, -0.05) is 37.3 Å². The van der Waals surface area contributed by atoms with Gasteiger partial charge in [-0.3, -0.25) is 4.79 Å². The zero-order chi connectivity index (χ0) is 11.4. The van der Waals surface area contributed by atoms with Crippen molar-refractivity contribution in [3.63, 3.8) is 0 Å². The lowest BCUT2D eigenvalue weighted by Gasteiger charge is -2.05. The van der Waals surface area contributed by atoms with Crippen molar-refractivity contribution in [1.82, 2.24) is 5.32 Å². The van der Waals surface area contributed by atoms with Gasteiger partial charge in [-0.25, -0.2) is 0 Å². The summed E-state index contributed by atoms with van der Waals surface area (Å²) in [5.41, 5.74) is 1.02. The Hall–Kier alpha value is -1.35. The van der Waals surface area contributed by atoms with Gasteiger partial charge in [-0.2, -0.15) is 0 Å². The summed E-state index contributed by atoms with van der Waals surface area (Å²) < 4.78 is 5.14. The SMILES string of the molecule is CC1CC1NCC(=O)OCc1ccccc1. The Morgan fingerprint density at radius 1 is 1.44 bits per heavy atom. The number of carbonyl (C=O) groups is 1. The lowest BCUT2D eigenvalue weighted by molar-refractivity contribution is -0.143. The molecule has 1 aliphatic carbocycles. The molecule has 86 valence electrons. The van der Waals surface area contributed by atoms with Crippen LogP contribution in [-0.4, -0.2) is 18.6 Å². The van der Waals surface area contributed by atoms with Crippen LogP contribution in [0.2, 0.25) is 0 Å². The molecule has 3 nitrogen and oxygen atoms in total. The molecule has 0 aromatic heterocycles. The van der Waals surface area contributed by atoms with Crippen LogP contribution < -0.4 is 5.32 Å². The van der Waals surface area contributed by atoms with E-state index in [1.165, 1.54) is 6.42 Å². The highest BCUT2D eigenvalue weighted by Crippen LogP contribution is 2.28. The Bertz CT molecular complexity index is 350. The average Bonchev–Trinajstić information content (AvgIpc) is 3.01. The van der Waals surface area contributed by atoms with Gasteiger partial charge in [0.25, 0.3) is 0 Å². The lowest BCUT2D eigenvalue weighted by atomic mass is 10.2. The monoisotopic (exact) mass is 219 g/mol. The van der Waals surface area contributed by atoms with Crippen molar-refractivity contribution >= 4 is 5.97 Å². The number of benzene rings is 1. The first-order valence-corrected chi connectivity index (χ1v) is 5.68. The van der Waals surface area contributed by atoms with E-state index in [2.05, 4.69) is 12.2 Å². The second kappa shape index (κ2) is 5.12. The largest absolute Gasteiger partial charge is 0.460 e. The summed E-state index contributed by atoms with van der Waals surface area (Å²) in [6.07, 6.45) is 1.17. The Balaban J connectivity index is 1.64. The lowest BCUT2D eigenvalue weighted by Crippen LogP contribution is -2.27. The zero-order valence-corrected chi connectivity index (χ0v) is 9.48. The van der Waals surface area contributed by atoms with Crippen LogP contribution in [0.15, 0.2) is 30.3 Å². The van der Waals surface area contributed by atoms with Crippen LogP contribution in [-0.2, 0) is 16.1 Å². The van der Waals surface area contributed by atoms with Crippen molar-refractivity contribution in [3.8, 4) is 0 Å². The van der Waals surface area contributed by atoms with Gasteiger partial charge in [-0.15, -0.1) is 0 Å². The molecular weight excluding hydrogens is 202 g/mol. The predicted molar refractivity (Wildman–Crippen MR) is 61.8 cm³/mol. The van der Waals surface area contributed by atoms with E-state index in [1.807, 2.05) is 30.3 Å². The van der Waals surface area contributed by atoms with E-state index >= 15 is 0 Å². The minimum absolute atomic E-state index is 0.178. The van der Waals surface area contributed by atoms with Crippen molar-refractivity contribution in [3.05, 3.63) is 35.9 Å². The molecule has 1 saturated carbocycles. The molecule has 1 aromatic carbocycles. The molecule has 16 heavy (non-hydrogen) atoms. The van der Waals surface area contributed by atoms with E-state index in [0.717, 1.165) is 5.56 Å². The molecule has 0 saturated heterocycles. The number of esters is 1. The standard InChI is InChI=1S/C13H17NO2/c1-10-7-12(10)14-8-13(15)16-9-11-5-3-2-4-6-11/h2-6,10,12,14H,7-9H2,1H3. The zero-order valence-electron chi connectivity index (χ0n) is 9.48. The fourth-order valence-corrected chi connectivity index (χ4v) is 1.61. The molecule has 1 fully saturated rings. The van der Waals surface area contributed by atoms with Gasteiger partial charge in [0.05, 0.1) is 6.54 Å². The number of carbonyl (C=O) groups excluding carboxylic acids is 1. The smallest absolute Gasteiger partial charge is 0.320 e. The van der Waals surface area contributed by atoms with Gasteiger partial charge in [0.1, 0.15) is 6.61 Å². The van der Waals surface area contributed by atoms with Gasteiger partial charge in [0.15, 0.2) is 0 Å². The maximum Gasteiger partial charge on any atom is 0.320 e. The van der Waals surface area contributed by atoms with Crippen molar-refractivity contribution < 1.29 is 9.53 Å². The van der Waals surface area contributed by atoms with Gasteiger partial charge >= 0.3 is 5.97 Å². The molecule has 2 unspecified atom stereocenters. The van der Waals surface area contributed by atoms with E-state index in [9.17, 15) is 4.79 Å². The van der Waals surface area contributed by atoms with Crippen molar-refractivity contribution in [1.29, 1.82) is 0 Å². The summed E-state index contributed by atoms with van der Waals surface area (Å²) in [7, 11) is 0. The number of rotatable bonds is 5. The number of hydrogen-bond acceptors (Lipinski definition) is 3. The summed E-state index contributed by atoms with van der Waals surface area (Å²) in [4.78, 5) is 11.4. The first-order chi connectivity index (χ1) is 7.75. The molecule has 0 aliphatic heterocycles. The van der Waals surface area contributed by atoms with E-state index in [1.54, 1.807) is 0 Å². The quantitative estimate of drug-likeness (QED) is 0.766. The van der Waals surface area contributed by atoms with Crippen molar-refractivity contribution in [2.45, 2.75) is 26.0 Å². The van der Waals surface area contributed by atoms with Crippen LogP contribution in [0.1, 0.15) is 18.9 Å². The highest BCUT2D eigenvalue weighted by molar-refractivity contribution is 5.71. The molecule has 1 aromatic rings. The maximum atomic E-state index is 11.4. The topological polar surface area (TPSA) is 38.3 Å². The molecule has 0 heterocycles. The van der Waals surface area contributed by atoms with Crippen LogP contribution >= 0.6 is 0 Å². The van der Waals surface area contributed by atoms with E-state index in [0.29, 0.717) is 25.1 Å². The molecule has 2 rings (SSSR count). The molecule has 1 N–H and O–H groups in total. The third kappa shape index (κ3) is 3.35. The van der Waals surface area contributed by atoms with Crippen LogP contribution in [0.5, 0.6) is 0 Å². The predicted octanol–water partition coefficient (Wildman–Crippen LogP) is 1.73. The van der Waals surface area contributed by atoms with Crippen molar-refractivity contribution in [2.24, 2.45) is 5.92 Å². The molecule has 3 heteroatoms. The normalized spacial score (nSPS) is 22.8. The Morgan fingerprint density at radius 2 is 2.12 bits per heavy atom. The number of hydrogen-bond donors (Lipinski definition) is 1. The summed E-state index contributed by atoms with van der Waals surface area (Å²) in [6, 6.07) is 10.2. The Labute approximate surface area is 95.8 Å². The summed E-state index contributed by atoms with van der Waals surface area (Å²) in [5, 5.41) is 3.17. The molecular formula is C13H17NO2. The van der Waals surface area contributed by atoms with Gasteiger partial charge in [-0.05, 0) is 17.9 Å². The van der Waals surface area contributed by atoms with Crippen LogP contribution in [0, 0.1) is 5.92 Å². The Kier molecular flexibility index (Phi) is 3.57. The van der Waals surface area contributed by atoms with Crippen LogP contribution in [0.3, 0.4) is 0 Å². The van der Waals surface area contributed by atoms with E-state index in [-0.39, 0.29) is 5.97 Å². The first kappa shape index (κ1) is 11.1. The second-order valence-electron chi connectivity index (χ2n) is 4.35. The third-order valence-corrected chi connectivity index (χ3v) is 2.86. The van der Waals surface area contributed by atoms with E-state index in [4.69, 9.17) is 4.74 Å². The molecule has 0 bridgehead atoms. The minimum atomic E-state index is -0.178. The highest BCUT2D eigenvalue weighted by Gasteiger charge is 2.32. The Morgan fingerprint density at radius 3 is 2.75 bits per heavy atom. The van der Waals surface area contributed by atoms with Gasteiger partial charge in [0.2, 0.25) is 0 Å². The summed E-state index contributed by atoms with van der Waals surface area (Å²) >= 11 is 0. The van der Waals surface area contributed by atoms with E-state index < -0.39 is 0 Å². The van der Waals surface area contributed by atoms with Crippen LogP contribution in [0.25, 0.3) is 0 Å². The molecule has 1 aliphatic rings. The average molecular weight is 219 g/mol. The van der Waals surface area contributed by atoms with Crippen molar-refractivity contribution in [2.75, 3.05) is 6.54 Å². The molecule has 0 radical (unpaired) electrons. The second-order valence-corrected chi connectivity index (χ2v) is 4.35. The maximum absolute atomic E-state index is 11.4. The summed E-state index contributed by atoms with van der Waals surface area (Å²) in [6.45, 7) is 2.86. The molecule has 2 atom stereocenters. The molecule has 0 amide bonds. The fourth-order valence-electron chi connectivity index (χ4n) is 1.61. The minimum Gasteiger partial charge on any atom is -0.460 e. The van der Waals surface area contributed by atoms with Crippen LogP contribution in [0.4, 0.5) is 0 Å². The number of ether oxygens (including phenoxy) is 1. The first-order valence-electron chi connectivity index (χ1n) is 5.68. The molecule has 0 spiro atoms. The number of nitrogens with one attached hydrogen (secondary N) is 1. The third-order valence-electron chi connectivity index (χ3n) is 2.86. The van der Waals surface area contributed by atoms with Gasteiger partial charge < -0.3 is 10.1 Å². The van der Waals surface area contributed by atoms with Gasteiger partial charge in [0, 0.05) is 6.04 Å². The fraction of sp³-hybridized carbons (Fsp3) is 0.462. The summed E-state index contributed by atoms with van der Waals surface area (Å²) in [5.74, 6) is 0.532.